The highest BCUT2D eigenvalue weighted by Gasteiger charge is 2.39. The summed E-state index contributed by atoms with van der Waals surface area (Å²) in [5.74, 6) is -1.36. The lowest BCUT2D eigenvalue weighted by Crippen LogP contribution is -2.48. The molecule has 1 atom stereocenters. The number of amides is 1. The van der Waals surface area contributed by atoms with Gasteiger partial charge >= 0.3 is 5.97 Å². The maximum atomic E-state index is 12.1. The van der Waals surface area contributed by atoms with Gasteiger partial charge in [0.15, 0.2) is 5.78 Å². The third-order valence-corrected chi connectivity index (χ3v) is 3.38. The molecule has 1 rings (SSSR count). The number of ketones is 1. The van der Waals surface area contributed by atoms with Crippen LogP contribution in [0.5, 0.6) is 0 Å². The van der Waals surface area contributed by atoms with Crippen molar-refractivity contribution < 1.29 is 24.2 Å². The fraction of sp³-hybridized carbons (Fsp3) is 0.643. The fourth-order valence-corrected chi connectivity index (χ4v) is 1.98. The maximum absolute atomic E-state index is 12.1. The lowest BCUT2D eigenvalue weighted by molar-refractivity contribution is -0.149. The highest BCUT2D eigenvalue weighted by Crippen LogP contribution is 2.33. The van der Waals surface area contributed by atoms with Crippen LogP contribution in [0, 0.1) is 5.41 Å². The molecule has 6 nitrogen and oxygen atoms in total. The normalized spacial score (nSPS) is 23.1. The molecule has 2 N–H and O–H groups in total. The Labute approximate surface area is 118 Å². The van der Waals surface area contributed by atoms with Crippen molar-refractivity contribution in [1.82, 2.24) is 5.32 Å². The van der Waals surface area contributed by atoms with Crippen molar-refractivity contribution in [1.29, 1.82) is 0 Å². The first-order chi connectivity index (χ1) is 9.15. The van der Waals surface area contributed by atoms with Gasteiger partial charge in [-0.15, -0.1) is 0 Å². The topological polar surface area (TPSA) is 92.7 Å². The summed E-state index contributed by atoms with van der Waals surface area (Å²) < 4.78 is 4.71. The molecule has 0 heterocycles. The molecule has 1 amide bonds. The van der Waals surface area contributed by atoms with Crippen LogP contribution in [0.1, 0.15) is 33.6 Å². The third-order valence-electron chi connectivity index (χ3n) is 3.38. The Kier molecular flexibility index (Phi) is 4.70. The molecule has 0 bridgehead atoms. The molecule has 0 aliphatic heterocycles. The van der Waals surface area contributed by atoms with Crippen LogP contribution in [0.2, 0.25) is 0 Å². The van der Waals surface area contributed by atoms with Crippen LogP contribution < -0.4 is 5.32 Å². The average molecular weight is 283 g/mol. The van der Waals surface area contributed by atoms with Crippen LogP contribution >= 0.6 is 0 Å². The zero-order valence-electron chi connectivity index (χ0n) is 12.3. The first-order valence-electron chi connectivity index (χ1n) is 6.43. The number of hydrogen-bond acceptors (Lipinski definition) is 5. The van der Waals surface area contributed by atoms with E-state index in [0.29, 0.717) is 6.42 Å². The Bertz CT molecular complexity index is 466. The number of rotatable bonds is 4. The average Bonchev–Trinajstić information content (AvgIpc) is 2.40. The van der Waals surface area contributed by atoms with E-state index in [1.54, 1.807) is 20.8 Å². The Morgan fingerprint density at radius 2 is 2.10 bits per heavy atom. The maximum Gasteiger partial charge on any atom is 0.315 e. The molecule has 0 aromatic carbocycles. The lowest BCUT2D eigenvalue weighted by Gasteiger charge is -2.29. The van der Waals surface area contributed by atoms with E-state index in [2.05, 4.69) is 5.32 Å². The lowest BCUT2D eigenvalue weighted by atomic mass is 9.77. The number of aliphatic hydroxyl groups is 1. The minimum atomic E-state index is -0.974. The monoisotopic (exact) mass is 283 g/mol. The molecule has 0 spiro atoms. The molecule has 0 saturated carbocycles. The van der Waals surface area contributed by atoms with E-state index >= 15 is 0 Å². The van der Waals surface area contributed by atoms with E-state index in [1.165, 1.54) is 13.2 Å². The Balaban J connectivity index is 3.04. The van der Waals surface area contributed by atoms with Gasteiger partial charge in [0, 0.05) is 6.42 Å². The second-order valence-corrected chi connectivity index (χ2v) is 5.89. The second kappa shape index (κ2) is 5.75. The standard InChI is InChI=1S/C14H21NO5/c1-13(2,8-16)15-11(18)9-7-14(3,12(19)20-4)6-5-10(9)17/h7,16H,5-6,8H2,1-4H3,(H,15,18)/t14-/m1/s1. The summed E-state index contributed by atoms with van der Waals surface area (Å²) >= 11 is 0. The van der Waals surface area contributed by atoms with E-state index in [1.807, 2.05) is 0 Å². The predicted molar refractivity (Wildman–Crippen MR) is 71.8 cm³/mol. The van der Waals surface area contributed by atoms with E-state index in [0.717, 1.165) is 0 Å². The van der Waals surface area contributed by atoms with Gasteiger partial charge < -0.3 is 15.2 Å². The quantitative estimate of drug-likeness (QED) is 0.573. The minimum absolute atomic E-state index is 0.0503. The van der Waals surface area contributed by atoms with Crippen LogP contribution in [-0.4, -0.2) is 42.0 Å². The summed E-state index contributed by atoms with van der Waals surface area (Å²) in [5.41, 5.74) is -1.86. The smallest absolute Gasteiger partial charge is 0.315 e. The van der Waals surface area contributed by atoms with Crippen LogP contribution in [0.4, 0.5) is 0 Å². The zero-order valence-corrected chi connectivity index (χ0v) is 12.3. The number of esters is 1. The molecule has 0 saturated heterocycles. The number of ether oxygens (including phenoxy) is 1. The number of methoxy groups -OCH3 is 1. The SMILES string of the molecule is COC(=O)[C@@]1(C)C=C(C(=O)NC(C)(C)CO)C(=O)CC1. The summed E-state index contributed by atoms with van der Waals surface area (Å²) in [6.07, 6.45) is 1.80. The molecular weight excluding hydrogens is 262 g/mol. The third kappa shape index (κ3) is 3.45. The van der Waals surface area contributed by atoms with Gasteiger partial charge in [-0.2, -0.15) is 0 Å². The second-order valence-electron chi connectivity index (χ2n) is 5.89. The Morgan fingerprint density at radius 1 is 1.50 bits per heavy atom. The number of carbonyl (C=O) groups is 3. The van der Waals surface area contributed by atoms with Crippen LogP contribution in [-0.2, 0) is 19.1 Å². The van der Waals surface area contributed by atoms with Crippen molar-refractivity contribution in [2.45, 2.75) is 39.2 Å². The molecule has 20 heavy (non-hydrogen) atoms. The highest BCUT2D eigenvalue weighted by molar-refractivity contribution is 6.20. The first-order valence-corrected chi connectivity index (χ1v) is 6.43. The van der Waals surface area contributed by atoms with Gasteiger partial charge in [-0.05, 0) is 27.2 Å². The van der Waals surface area contributed by atoms with Crippen LogP contribution in [0.15, 0.2) is 11.6 Å². The summed E-state index contributed by atoms with van der Waals surface area (Å²) in [6.45, 7) is 4.65. The Hall–Kier alpha value is -1.69. The van der Waals surface area contributed by atoms with Crippen molar-refractivity contribution in [2.24, 2.45) is 5.41 Å². The zero-order chi connectivity index (χ0) is 15.6. The highest BCUT2D eigenvalue weighted by atomic mass is 16.5. The molecule has 0 fully saturated rings. The van der Waals surface area contributed by atoms with E-state index in [4.69, 9.17) is 9.84 Å². The molecule has 1 aliphatic carbocycles. The predicted octanol–water partition coefficient (Wildman–Crippen LogP) is 0.342. The van der Waals surface area contributed by atoms with Crippen molar-refractivity contribution in [2.75, 3.05) is 13.7 Å². The molecule has 0 aromatic rings. The molecule has 112 valence electrons. The fourth-order valence-electron chi connectivity index (χ4n) is 1.98. The summed E-state index contributed by atoms with van der Waals surface area (Å²) in [7, 11) is 1.27. The van der Waals surface area contributed by atoms with E-state index < -0.39 is 22.8 Å². The van der Waals surface area contributed by atoms with Crippen molar-refractivity contribution >= 4 is 17.7 Å². The van der Waals surface area contributed by atoms with Crippen LogP contribution in [0.25, 0.3) is 0 Å². The summed E-state index contributed by atoms with van der Waals surface area (Å²) in [4.78, 5) is 35.7. The van der Waals surface area contributed by atoms with Crippen molar-refractivity contribution in [3.8, 4) is 0 Å². The van der Waals surface area contributed by atoms with Gasteiger partial charge in [-0.25, -0.2) is 0 Å². The Morgan fingerprint density at radius 3 is 2.60 bits per heavy atom. The van der Waals surface area contributed by atoms with E-state index in [-0.39, 0.29) is 24.4 Å². The number of hydrogen-bond donors (Lipinski definition) is 2. The van der Waals surface area contributed by atoms with Crippen LogP contribution in [0.3, 0.4) is 0 Å². The van der Waals surface area contributed by atoms with Gasteiger partial charge in [0.25, 0.3) is 5.91 Å². The first kappa shape index (κ1) is 16.4. The summed E-state index contributed by atoms with van der Waals surface area (Å²) in [5, 5.41) is 11.7. The van der Waals surface area contributed by atoms with Gasteiger partial charge in [-0.1, -0.05) is 6.08 Å². The van der Waals surface area contributed by atoms with Gasteiger partial charge in [-0.3, -0.25) is 14.4 Å². The molecule has 1 aliphatic rings. The minimum Gasteiger partial charge on any atom is -0.468 e. The number of nitrogens with one attached hydrogen (secondary N) is 1. The molecular formula is C14H21NO5. The van der Waals surface area contributed by atoms with Crippen molar-refractivity contribution in [3.05, 3.63) is 11.6 Å². The van der Waals surface area contributed by atoms with Gasteiger partial charge in [0.2, 0.25) is 0 Å². The number of aliphatic hydroxyl groups excluding tert-OH is 1. The number of Topliss-reactive ketones (excluding diaryl/α,β-unsaturated/α-hetero) is 1. The number of carbonyl (C=O) groups excluding carboxylic acids is 3. The molecule has 6 heteroatoms. The van der Waals surface area contributed by atoms with Crippen molar-refractivity contribution in [3.63, 3.8) is 0 Å². The molecule has 0 unspecified atom stereocenters. The van der Waals surface area contributed by atoms with Gasteiger partial charge in [0.05, 0.1) is 30.2 Å². The molecule has 0 radical (unpaired) electrons. The molecule has 0 aromatic heterocycles. The summed E-state index contributed by atoms with van der Waals surface area (Å²) in [6, 6.07) is 0. The van der Waals surface area contributed by atoms with Gasteiger partial charge in [0.1, 0.15) is 0 Å². The van der Waals surface area contributed by atoms with E-state index in [9.17, 15) is 14.4 Å². The largest absolute Gasteiger partial charge is 0.468 e.